The highest BCUT2D eigenvalue weighted by Crippen LogP contribution is 2.30. The van der Waals surface area contributed by atoms with Crippen LogP contribution in [0.4, 0.5) is 10.1 Å². The van der Waals surface area contributed by atoms with Crippen LogP contribution in [0.5, 0.6) is 0 Å². The van der Waals surface area contributed by atoms with Gasteiger partial charge in [0.2, 0.25) is 11.8 Å². The second-order valence-corrected chi connectivity index (χ2v) is 9.30. The van der Waals surface area contributed by atoms with Gasteiger partial charge in [-0.05, 0) is 55.2 Å². The molecule has 8 nitrogen and oxygen atoms in total. The van der Waals surface area contributed by atoms with Crippen LogP contribution in [-0.4, -0.2) is 50.4 Å². The van der Waals surface area contributed by atoms with Gasteiger partial charge in [-0.1, -0.05) is 44.2 Å². The van der Waals surface area contributed by atoms with Crippen molar-refractivity contribution in [3.8, 4) is 5.95 Å². The average Bonchev–Trinajstić information content (AvgIpc) is 3.50. The normalized spacial score (nSPS) is 15.2. The number of amides is 1. The van der Waals surface area contributed by atoms with Crippen LogP contribution in [0.15, 0.2) is 53.1 Å². The quantitative estimate of drug-likeness (QED) is 0.409. The van der Waals surface area contributed by atoms with E-state index in [0.717, 1.165) is 42.7 Å². The largest absolute Gasteiger partial charge is 0.337 e. The molecule has 1 saturated heterocycles. The van der Waals surface area contributed by atoms with Crippen LogP contribution in [0, 0.1) is 5.82 Å². The number of nitrogens with zero attached hydrogens (tertiary/aromatic N) is 5. The Morgan fingerprint density at radius 2 is 1.91 bits per heavy atom. The molecule has 0 aliphatic carbocycles. The minimum absolute atomic E-state index is 0.0133. The van der Waals surface area contributed by atoms with E-state index in [2.05, 4.69) is 25.5 Å². The van der Waals surface area contributed by atoms with E-state index < -0.39 is 0 Å². The molecular formula is C26H29FN6O2. The van der Waals surface area contributed by atoms with Crippen molar-refractivity contribution in [2.75, 3.05) is 25.0 Å². The standard InChI is InChI=1S/C26H29FN6O2/c1-17(2)23-20-9-6-10-21(27)24(20)33(30-23)26-29-25(35-31-26)18-11-14-32(15-12-18)16-13-22(34)28-19-7-4-3-5-8-19/h3-10,17-18H,11-16H2,1-2H3,(H,28,34). The van der Waals surface area contributed by atoms with Crippen LogP contribution in [0.1, 0.15) is 56.5 Å². The molecule has 35 heavy (non-hydrogen) atoms. The van der Waals surface area contributed by atoms with Crippen LogP contribution in [0.3, 0.4) is 0 Å². The maximum Gasteiger partial charge on any atom is 0.291 e. The van der Waals surface area contributed by atoms with E-state index in [1.807, 2.05) is 50.2 Å². The van der Waals surface area contributed by atoms with Crippen LogP contribution in [-0.2, 0) is 4.79 Å². The average molecular weight is 477 g/mol. The molecule has 2 aromatic heterocycles. The number of nitrogens with one attached hydrogen (secondary N) is 1. The van der Waals surface area contributed by atoms with Crippen molar-refractivity contribution in [2.24, 2.45) is 0 Å². The third-order valence-corrected chi connectivity index (χ3v) is 6.50. The molecule has 1 aliphatic heterocycles. The van der Waals surface area contributed by atoms with Crippen molar-refractivity contribution in [3.63, 3.8) is 0 Å². The van der Waals surface area contributed by atoms with Crippen LogP contribution in [0.25, 0.3) is 16.9 Å². The Balaban J connectivity index is 1.21. The highest BCUT2D eigenvalue weighted by atomic mass is 19.1. The molecule has 182 valence electrons. The second-order valence-electron chi connectivity index (χ2n) is 9.30. The number of fused-ring (bicyclic) bond motifs is 1. The lowest BCUT2D eigenvalue weighted by atomic mass is 9.96. The predicted octanol–water partition coefficient (Wildman–Crippen LogP) is 4.88. The van der Waals surface area contributed by atoms with Gasteiger partial charge in [-0.3, -0.25) is 4.79 Å². The SMILES string of the molecule is CC(C)c1nn(-c2noc(C3CCN(CCC(=O)Nc4ccccc4)CC3)n2)c2c(F)cccc12. The maximum absolute atomic E-state index is 14.7. The Kier molecular flexibility index (Phi) is 6.59. The number of halogens is 1. The lowest BCUT2D eigenvalue weighted by molar-refractivity contribution is -0.116. The van der Waals surface area contributed by atoms with E-state index in [1.165, 1.54) is 10.7 Å². The number of anilines is 1. The highest BCUT2D eigenvalue weighted by Gasteiger charge is 2.27. The zero-order valence-corrected chi connectivity index (χ0v) is 19.9. The van der Waals surface area contributed by atoms with Crippen LogP contribution in [0.2, 0.25) is 0 Å². The summed E-state index contributed by atoms with van der Waals surface area (Å²) in [4.78, 5) is 19.1. The van der Waals surface area contributed by atoms with E-state index in [4.69, 9.17) is 4.52 Å². The lowest BCUT2D eigenvalue weighted by Crippen LogP contribution is -2.35. The second kappa shape index (κ2) is 9.95. The van der Waals surface area contributed by atoms with Crippen molar-refractivity contribution in [2.45, 2.75) is 44.9 Å². The summed E-state index contributed by atoms with van der Waals surface area (Å²) in [5.74, 6) is 0.708. The lowest BCUT2D eigenvalue weighted by Gasteiger charge is -2.29. The minimum Gasteiger partial charge on any atom is -0.337 e. The molecule has 1 aliphatic rings. The summed E-state index contributed by atoms with van der Waals surface area (Å²) in [7, 11) is 0. The third-order valence-electron chi connectivity index (χ3n) is 6.50. The van der Waals surface area contributed by atoms with Gasteiger partial charge in [0, 0.05) is 30.0 Å². The Hall–Kier alpha value is -3.59. The molecule has 0 saturated carbocycles. The summed E-state index contributed by atoms with van der Waals surface area (Å²) < 4.78 is 21.7. The number of benzene rings is 2. The van der Waals surface area contributed by atoms with Crippen molar-refractivity contribution < 1.29 is 13.7 Å². The van der Waals surface area contributed by atoms with Gasteiger partial charge in [0.1, 0.15) is 11.3 Å². The summed E-state index contributed by atoms with van der Waals surface area (Å²) in [6, 6.07) is 14.5. The third kappa shape index (κ3) is 4.95. The molecule has 5 rings (SSSR count). The molecule has 1 N–H and O–H groups in total. The summed E-state index contributed by atoms with van der Waals surface area (Å²) >= 11 is 0. The van der Waals surface area contributed by atoms with Gasteiger partial charge in [0.15, 0.2) is 0 Å². The molecule has 9 heteroatoms. The molecule has 1 amide bonds. The fourth-order valence-corrected chi connectivity index (χ4v) is 4.61. The number of hydrogen-bond donors (Lipinski definition) is 1. The van der Waals surface area contributed by atoms with Crippen molar-refractivity contribution in [1.82, 2.24) is 24.8 Å². The van der Waals surface area contributed by atoms with E-state index in [9.17, 15) is 9.18 Å². The molecule has 0 unspecified atom stereocenters. The van der Waals surface area contributed by atoms with Crippen molar-refractivity contribution in [3.05, 3.63) is 65.9 Å². The summed E-state index contributed by atoms with van der Waals surface area (Å²) in [6.07, 6.45) is 2.15. The van der Waals surface area contributed by atoms with Crippen LogP contribution >= 0.6 is 0 Å². The van der Waals surface area contributed by atoms with Gasteiger partial charge in [0.25, 0.3) is 5.95 Å². The van der Waals surface area contributed by atoms with E-state index in [1.54, 1.807) is 6.07 Å². The number of likely N-dealkylation sites (tertiary alicyclic amines) is 1. The molecule has 4 aromatic rings. The van der Waals surface area contributed by atoms with Gasteiger partial charge >= 0.3 is 0 Å². The molecule has 1 fully saturated rings. The van der Waals surface area contributed by atoms with Crippen molar-refractivity contribution >= 4 is 22.5 Å². The van der Waals surface area contributed by atoms with Crippen LogP contribution < -0.4 is 5.32 Å². The first-order valence-corrected chi connectivity index (χ1v) is 12.1. The number of aromatic nitrogens is 4. The zero-order valence-electron chi connectivity index (χ0n) is 19.9. The number of rotatable bonds is 7. The number of carbonyl (C=O) groups is 1. The number of para-hydroxylation sites is 2. The van der Waals surface area contributed by atoms with E-state index >= 15 is 0 Å². The molecule has 0 bridgehead atoms. The van der Waals surface area contributed by atoms with E-state index in [-0.39, 0.29) is 29.5 Å². The Bertz CT molecular complexity index is 1310. The van der Waals surface area contributed by atoms with Gasteiger partial charge in [-0.15, -0.1) is 0 Å². The number of piperidine rings is 1. The number of carbonyl (C=O) groups excluding carboxylic acids is 1. The summed E-state index contributed by atoms with van der Waals surface area (Å²) in [6.45, 7) is 6.45. The minimum atomic E-state index is -0.363. The molecular weight excluding hydrogens is 447 g/mol. The molecule has 2 aromatic carbocycles. The maximum atomic E-state index is 14.7. The molecule has 0 atom stereocenters. The number of hydrogen-bond acceptors (Lipinski definition) is 6. The smallest absolute Gasteiger partial charge is 0.291 e. The first-order valence-electron chi connectivity index (χ1n) is 12.1. The Morgan fingerprint density at radius 1 is 1.14 bits per heavy atom. The topological polar surface area (TPSA) is 89.1 Å². The molecule has 3 heterocycles. The zero-order chi connectivity index (χ0) is 24.4. The fraction of sp³-hybridized carbons (Fsp3) is 0.385. The molecule has 0 spiro atoms. The Morgan fingerprint density at radius 3 is 2.66 bits per heavy atom. The fourth-order valence-electron chi connectivity index (χ4n) is 4.61. The molecule has 0 radical (unpaired) electrons. The van der Waals surface area contributed by atoms with Gasteiger partial charge in [-0.25, -0.2) is 4.39 Å². The monoisotopic (exact) mass is 476 g/mol. The summed E-state index contributed by atoms with van der Waals surface area (Å²) in [5.41, 5.74) is 1.98. The predicted molar refractivity (Wildman–Crippen MR) is 131 cm³/mol. The first-order chi connectivity index (χ1) is 17.0. The first kappa shape index (κ1) is 23.2. The Labute approximate surface area is 203 Å². The van der Waals surface area contributed by atoms with Crippen molar-refractivity contribution in [1.29, 1.82) is 0 Å². The van der Waals surface area contributed by atoms with Gasteiger partial charge in [-0.2, -0.15) is 14.8 Å². The van der Waals surface area contributed by atoms with E-state index in [0.29, 0.717) is 24.4 Å². The van der Waals surface area contributed by atoms with Gasteiger partial charge < -0.3 is 14.7 Å². The highest BCUT2D eigenvalue weighted by molar-refractivity contribution is 5.90. The van der Waals surface area contributed by atoms with Gasteiger partial charge in [0.05, 0.1) is 5.69 Å². The summed E-state index contributed by atoms with van der Waals surface area (Å²) in [5, 5.41) is 12.4.